The van der Waals surface area contributed by atoms with E-state index in [1.54, 1.807) is 0 Å². The third kappa shape index (κ3) is 2.83. The van der Waals surface area contributed by atoms with Gasteiger partial charge in [0.25, 0.3) is 0 Å². The number of hydrogen-bond acceptors (Lipinski definition) is 4. The van der Waals surface area contributed by atoms with Crippen molar-refractivity contribution in [2.24, 2.45) is 0 Å². The van der Waals surface area contributed by atoms with Crippen LogP contribution in [0.5, 0.6) is 11.5 Å². The second-order valence-electron chi connectivity index (χ2n) is 6.68. The number of fused-ring (bicyclic) bond motifs is 2. The average Bonchev–Trinajstić information content (AvgIpc) is 3.08. The Morgan fingerprint density at radius 1 is 1.00 bits per heavy atom. The molecule has 0 unspecified atom stereocenters. The van der Waals surface area contributed by atoms with Crippen molar-refractivity contribution < 1.29 is 17.9 Å². The van der Waals surface area contributed by atoms with Gasteiger partial charge < -0.3 is 9.47 Å². The van der Waals surface area contributed by atoms with Crippen LogP contribution in [0.1, 0.15) is 49.7 Å². The van der Waals surface area contributed by atoms with E-state index in [1.165, 1.54) is 12.8 Å². The lowest BCUT2D eigenvalue weighted by Crippen LogP contribution is -2.35. The van der Waals surface area contributed by atoms with Gasteiger partial charge in [0, 0.05) is 30.0 Å². The van der Waals surface area contributed by atoms with Gasteiger partial charge in [-0.1, -0.05) is 25.7 Å². The predicted octanol–water partition coefficient (Wildman–Crippen LogP) is 2.56. The number of ether oxygens (including phenoxy) is 2. The van der Waals surface area contributed by atoms with Gasteiger partial charge in [-0.25, -0.2) is 13.1 Å². The summed E-state index contributed by atoms with van der Waals surface area (Å²) in [5.41, 5.74) is 1.73. The van der Waals surface area contributed by atoms with E-state index in [1.807, 2.05) is 6.07 Å². The molecule has 0 saturated heterocycles. The summed E-state index contributed by atoms with van der Waals surface area (Å²) in [5, 5.41) is 0. The topological polar surface area (TPSA) is 64.6 Å². The number of rotatable bonds is 3. The van der Waals surface area contributed by atoms with Gasteiger partial charge in [0.05, 0.1) is 13.2 Å². The van der Waals surface area contributed by atoms with E-state index in [0.717, 1.165) is 49.0 Å². The lowest BCUT2D eigenvalue weighted by Gasteiger charge is -2.19. The second-order valence-corrected chi connectivity index (χ2v) is 8.33. The molecule has 1 aromatic carbocycles. The van der Waals surface area contributed by atoms with Crippen LogP contribution in [0, 0.1) is 0 Å². The van der Waals surface area contributed by atoms with Gasteiger partial charge in [-0.05, 0) is 18.9 Å². The molecule has 1 aliphatic carbocycles. The normalized spacial score (nSPS) is 21.2. The smallest absolute Gasteiger partial charge is 0.244 e. The van der Waals surface area contributed by atoms with Crippen molar-refractivity contribution in [2.75, 3.05) is 13.2 Å². The molecule has 1 fully saturated rings. The first-order valence-electron chi connectivity index (χ1n) is 8.62. The Morgan fingerprint density at radius 3 is 2.52 bits per heavy atom. The maximum Gasteiger partial charge on any atom is 0.244 e. The van der Waals surface area contributed by atoms with Gasteiger partial charge in [-0.2, -0.15) is 0 Å². The molecule has 23 heavy (non-hydrogen) atoms. The molecule has 0 radical (unpaired) electrons. The van der Waals surface area contributed by atoms with Crippen LogP contribution >= 0.6 is 0 Å². The van der Waals surface area contributed by atoms with E-state index in [0.29, 0.717) is 30.3 Å². The monoisotopic (exact) mass is 337 g/mol. The van der Waals surface area contributed by atoms with Gasteiger partial charge in [0.1, 0.15) is 16.4 Å². The summed E-state index contributed by atoms with van der Waals surface area (Å²) < 4.78 is 40.4. The van der Waals surface area contributed by atoms with Crippen LogP contribution in [0.2, 0.25) is 0 Å². The summed E-state index contributed by atoms with van der Waals surface area (Å²) in [5.74, 6) is 1.27. The van der Waals surface area contributed by atoms with Crippen molar-refractivity contribution in [3.05, 3.63) is 17.2 Å². The molecule has 5 nitrogen and oxygen atoms in total. The molecule has 0 bridgehead atoms. The van der Waals surface area contributed by atoms with Crippen LogP contribution in [0.25, 0.3) is 0 Å². The molecule has 1 N–H and O–H groups in total. The van der Waals surface area contributed by atoms with Gasteiger partial charge in [0.15, 0.2) is 0 Å². The molecule has 2 aliphatic heterocycles. The minimum atomic E-state index is -3.58. The number of benzene rings is 1. The first-order valence-corrected chi connectivity index (χ1v) is 10.1. The zero-order chi connectivity index (χ0) is 15.9. The maximum atomic E-state index is 13.1. The molecule has 126 valence electrons. The number of hydrogen-bond donors (Lipinski definition) is 1. The number of sulfonamides is 1. The van der Waals surface area contributed by atoms with Gasteiger partial charge in [-0.3, -0.25) is 0 Å². The Hall–Kier alpha value is -1.27. The molecule has 0 spiro atoms. The molecular weight excluding hydrogens is 314 g/mol. The van der Waals surface area contributed by atoms with Crippen molar-refractivity contribution in [2.45, 2.75) is 62.3 Å². The third-order valence-electron chi connectivity index (χ3n) is 5.05. The summed E-state index contributed by atoms with van der Waals surface area (Å²) in [6.45, 7) is 1.09. The molecule has 0 atom stereocenters. The van der Waals surface area contributed by atoms with Crippen molar-refractivity contribution in [3.63, 3.8) is 0 Å². The Kier molecular flexibility index (Phi) is 3.97. The molecule has 3 aliphatic rings. The van der Waals surface area contributed by atoms with E-state index in [2.05, 4.69) is 4.72 Å². The highest BCUT2D eigenvalue weighted by atomic mass is 32.2. The van der Waals surface area contributed by atoms with Crippen LogP contribution in [0.15, 0.2) is 11.0 Å². The summed E-state index contributed by atoms with van der Waals surface area (Å²) in [6.07, 6.45) is 7.82. The van der Waals surface area contributed by atoms with Crippen LogP contribution in [0.4, 0.5) is 0 Å². The lowest BCUT2D eigenvalue weighted by molar-refractivity contribution is 0.347. The Morgan fingerprint density at radius 2 is 1.74 bits per heavy atom. The lowest BCUT2D eigenvalue weighted by atomic mass is 10.1. The molecule has 1 aromatic rings. The zero-order valence-electron chi connectivity index (χ0n) is 13.3. The maximum absolute atomic E-state index is 13.1. The minimum absolute atomic E-state index is 0.0396. The largest absolute Gasteiger partial charge is 0.493 e. The van der Waals surface area contributed by atoms with Crippen LogP contribution < -0.4 is 14.2 Å². The van der Waals surface area contributed by atoms with Crippen LogP contribution in [-0.2, 0) is 22.9 Å². The second kappa shape index (κ2) is 5.98. The van der Waals surface area contributed by atoms with Crippen molar-refractivity contribution >= 4 is 10.0 Å². The Bertz CT molecular complexity index is 674. The van der Waals surface area contributed by atoms with Gasteiger partial charge >= 0.3 is 0 Å². The standard InChI is InChI=1S/C17H23NO4S/c19-23(20,18-13-5-3-1-2-4-6-13)17-14-8-10-21-15(14)11-12-7-9-22-16(12)17/h11,13,18H,1-10H2. The highest BCUT2D eigenvalue weighted by molar-refractivity contribution is 7.89. The molecular formula is C17H23NO4S. The van der Waals surface area contributed by atoms with E-state index in [9.17, 15) is 8.42 Å². The Labute approximate surface area is 137 Å². The summed E-state index contributed by atoms with van der Waals surface area (Å²) in [7, 11) is -3.58. The van der Waals surface area contributed by atoms with E-state index >= 15 is 0 Å². The molecule has 4 rings (SSSR count). The van der Waals surface area contributed by atoms with Gasteiger partial charge in [0.2, 0.25) is 10.0 Å². The van der Waals surface area contributed by atoms with Crippen molar-refractivity contribution in [1.29, 1.82) is 0 Å². The zero-order valence-corrected chi connectivity index (χ0v) is 14.1. The average molecular weight is 337 g/mol. The quantitative estimate of drug-likeness (QED) is 0.861. The number of nitrogens with one attached hydrogen (secondary N) is 1. The van der Waals surface area contributed by atoms with E-state index in [-0.39, 0.29) is 6.04 Å². The molecule has 2 heterocycles. The van der Waals surface area contributed by atoms with Crippen molar-refractivity contribution in [3.8, 4) is 11.5 Å². The van der Waals surface area contributed by atoms with E-state index in [4.69, 9.17) is 9.47 Å². The fourth-order valence-electron chi connectivity index (χ4n) is 3.90. The third-order valence-corrected chi connectivity index (χ3v) is 6.66. The summed E-state index contributed by atoms with van der Waals surface area (Å²) in [4.78, 5) is 0.337. The van der Waals surface area contributed by atoms with Gasteiger partial charge in [-0.15, -0.1) is 0 Å². The van der Waals surface area contributed by atoms with Crippen LogP contribution in [0.3, 0.4) is 0 Å². The fourth-order valence-corrected chi connectivity index (χ4v) is 5.65. The summed E-state index contributed by atoms with van der Waals surface area (Å²) >= 11 is 0. The summed E-state index contributed by atoms with van der Waals surface area (Å²) in [6, 6.07) is 1.99. The minimum Gasteiger partial charge on any atom is -0.493 e. The van der Waals surface area contributed by atoms with Crippen LogP contribution in [-0.4, -0.2) is 27.7 Å². The first-order chi connectivity index (χ1) is 11.1. The molecule has 1 saturated carbocycles. The van der Waals surface area contributed by atoms with Crippen molar-refractivity contribution in [1.82, 2.24) is 4.72 Å². The molecule has 0 aromatic heterocycles. The molecule has 6 heteroatoms. The highest BCUT2D eigenvalue weighted by Crippen LogP contribution is 2.43. The van der Waals surface area contributed by atoms with E-state index < -0.39 is 10.0 Å². The predicted molar refractivity (Wildman–Crippen MR) is 86.7 cm³/mol. The molecule has 0 amide bonds. The highest BCUT2D eigenvalue weighted by Gasteiger charge is 2.34. The SMILES string of the molecule is O=S(=O)(NC1CCCCCC1)c1c2c(cc3c1OCC3)OCC2. The fraction of sp³-hybridized carbons (Fsp3) is 0.647. The first kappa shape index (κ1) is 15.3. The Balaban J connectivity index is 1.71.